The molecule has 8 heteroatoms. The van der Waals surface area contributed by atoms with Gasteiger partial charge in [-0.2, -0.15) is 4.98 Å². The molecule has 1 aromatic heterocycles. The van der Waals surface area contributed by atoms with Crippen molar-refractivity contribution in [2.24, 2.45) is 0 Å². The molecule has 1 aliphatic heterocycles. The SMILES string of the molecule is CCOc1ccnc(N2CCN(C(C(=O)OC)c3ccccc3Cl)CC2)n1. The summed E-state index contributed by atoms with van der Waals surface area (Å²) < 4.78 is 10.5. The first-order valence-corrected chi connectivity index (χ1v) is 9.29. The van der Waals surface area contributed by atoms with Crippen LogP contribution in [0.25, 0.3) is 0 Å². The Morgan fingerprint density at radius 2 is 1.96 bits per heavy atom. The molecule has 0 aliphatic carbocycles. The monoisotopic (exact) mass is 390 g/mol. The summed E-state index contributed by atoms with van der Waals surface area (Å²) in [6.45, 7) is 5.17. The molecule has 1 fully saturated rings. The summed E-state index contributed by atoms with van der Waals surface area (Å²) in [7, 11) is 1.40. The van der Waals surface area contributed by atoms with Crippen molar-refractivity contribution in [3.63, 3.8) is 0 Å². The van der Waals surface area contributed by atoms with E-state index in [0.29, 0.717) is 49.6 Å². The topological polar surface area (TPSA) is 67.8 Å². The van der Waals surface area contributed by atoms with Crippen LogP contribution in [0, 0.1) is 0 Å². The van der Waals surface area contributed by atoms with E-state index < -0.39 is 6.04 Å². The van der Waals surface area contributed by atoms with Gasteiger partial charge in [0.1, 0.15) is 6.04 Å². The van der Waals surface area contributed by atoms with Gasteiger partial charge < -0.3 is 14.4 Å². The Morgan fingerprint density at radius 1 is 1.22 bits per heavy atom. The zero-order valence-electron chi connectivity index (χ0n) is 15.5. The predicted molar refractivity (Wildman–Crippen MR) is 103 cm³/mol. The van der Waals surface area contributed by atoms with Crippen molar-refractivity contribution in [2.45, 2.75) is 13.0 Å². The van der Waals surface area contributed by atoms with Crippen LogP contribution in [-0.4, -0.2) is 60.7 Å². The fourth-order valence-corrected chi connectivity index (χ4v) is 3.41. The zero-order chi connectivity index (χ0) is 19.2. The van der Waals surface area contributed by atoms with Gasteiger partial charge in [-0.05, 0) is 18.6 Å². The summed E-state index contributed by atoms with van der Waals surface area (Å²) >= 11 is 6.33. The lowest BCUT2D eigenvalue weighted by Gasteiger charge is -2.38. The molecule has 0 saturated carbocycles. The van der Waals surface area contributed by atoms with E-state index >= 15 is 0 Å². The summed E-state index contributed by atoms with van der Waals surface area (Å²) in [5.74, 6) is 0.882. The predicted octanol–water partition coefficient (Wildman–Crippen LogP) is 2.57. The molecule has 0 radical (unpaired) electrons. The Morgan fingerprint density at radius 3 is 2.63 bits per heavy atom. The molecule has 3 rings (SSSR count). The highest BCUT2D eigenvalue weighted by atomic mass is 35.5. The summed E-state index contributed by atoms with van der Waals surface area (Å²) in [4.78, 5) is 25.4. The third-order valence-electron chi connectivity index (χ3n) is 4.50. The van der Waals surface area contributed by atoms with Crippen LogP contribution in [0.1, 0.15) is 18.5 Å². The van der Waals surface area contributed by atoms with Crippen LogP contribution in [0.2, 0.25) is 5.02 Å². The largest absolute Gasteiger partial charge is 0.478 e. The number of benzene rings is 1. The molecule has 7 nitrogen and oxygen atoms in total. The van der Waals surface area contributed by atoms with Gasteiger partial charge in [-0.25, -0.2) is 9.78 Å². The highest BCUT2D eigenvalue weighted by molar-refractivity contribution is 6.31. The van der Waals surface area contributed by atoms with Crippen LogP contribution < -0.4 is 9.64 Å². The zero-order valence-corrected chi connectivity index (χ0v) is 16.2. The van der Waals surface area contributed by atoms with Crippen molar-refractivity contribution in [3.8, 4) is 5.88 Å². The van der Waals surface area contributed by atoms with Gasteiger partial charge in [0.05, 0.1) is 13.7 Å². The number of nitrogens with zero attached hydrogens (tertiary/aromatic N) is 4. The number of ether oxygens (including phenoxy) is 2. The maximum absolute atomic E-state index is 12.5. The smallest absolute Gasteiger partial charge is 0.327 e. The minimum absolute atomic E-state index is 0.314. The van der Waals surface area contributed by atoms with Gasteiger partial charge in [-0.15, -0.1) is 0 Å². The molecule has 1 atom stereocenters. The average Bonchev–Trinajstić information content (AvgIpc) is 2.70. The highest BCUT2D eigenvalue weighted by Gasteiger charge is 2.33. The van der Waals surface area contributed by atoms with Gasteiger partial charge in [0, 0.05) is 43.5 Å². The lowest BCUT2D eigenvalue weighted by atomic mass is 10.0. The summed E-state index contributed by atoms with van der Waals surface area (Å²) in [5, 5.41) is 0.558. The molecule has 27 heavy (non-hydrogen) atoms. The summed E-state index contributed by atoms with van der Waals surface area (Å²) in [6, 6.07) is 8.59. The molecule has 0 N–H and O–H groups in total. The molecule has 1 aliphatic rings. The molecule has 2 aromatic rings. The number of aromatic nitrogens is 2. The first kappa shape index (κ1) is 19.4. The molecular formula is C19H23ClN4O3. The van der Waals surface area contributed by atoms with Gasteiger partial charge in [-0.1, -0.05) is 29.8 Å². The second kappa shape index (κ2) is 9.01. The lowest BCUT2D eigenvalue weighted by Crippen LogP contribution is -2.50. The van der Waals surface area contributed by atoms with E-state index in [9.17, 15) is 4.79 Å². The van der Waals surface area contributed by atoms with Crippen molar-refractivity contribution in [1.29, 1.82) is 0 Å². The maximum atomic E-state index is 12.5. The van der Waals surface area contributed by atoms with Crippen LogP contribution >= 0.6 is 11.6 Å². The minimum atomic E-state index is -0.526. The molecule has 1 saturated heterocycles. The van der Waals surface area contributed by atoms with Crippen LogP contribution in [0.5, 0.6) is 5.88 Å². The molecule has 1 aromatic carbocycles. The van der Waals surface area contributed by atoms with Gasteiger partial charge in [-0.3, -0.25) is 4.90 Å². The number of hydrogen-bond acceptors (Lipinski definition) is 7. The molecule has 1 unspecified atom stereocenters. The Kier molecular flexibility index (Phi) is 6.47. The maximum Gasteiger partial charge on any atom is 0.327 e. The Balaban J connectivity index is 1.73. The fraction of sp³-hybridized carbons (Fsp3) is 0.421. The van der Waals surface area contributed by atoms with Crippen LogP contribution in [-0.2, 0) is 9.53 Å². The average molecular weight is 391 g/mol. The number of esters is 1. The molecule has 0 bridgehead atoms. The van der Waals surface area contributed by atoms with Gasteiger partial charge >= 0.3 is 5.97 Å². The molecule has 0 spiro atoms. The number of methoxy groups -OCH3 is 1. The third-order valence-corrected chi connectivity index (χ3v) is 4.84. The third kappa shape index (κ3) is 4.48. The van der Waals surface area contributed by atoms with E-state index in [2.05, 4.69) is 19.8 Å². The van der Waals surface area contributed by atoms with Crippen LogP contribution in [0.4, 0.5) is 5.95 Å². The number of carbonyl (C=O) groups excluding carboxylic acids is 1. The number of hydrogen-bond donors (Lipinski definition) is 0. The minimum Gasteiger partial charge on any atom is -0.478 e. The number of piperazine rings is 1. The fourth-order valence-electron chi connectivity index (χ4n) is 3.17. The van der Waals surface area contributed by atoms with E-state index in [4.69, 9.17) is 21.1 Å². The van der Waals surface area contributed by atoms with E-state index in [0.717, 1.165) is 5.56 Å². The highest BCUT2D eigenvalue weighted by Crippen LogP contribution is 2.30. The molecular weight excluding hydrogens is 368 g/mol. The van der Waals surface area contributed by atoms with E-state index in [1.165, 1.54) is 7.11 Å². The van der Waals surface area contributed by atoms with E-state index in [1.807, 2.05) is 25.1 Å². The van der Waals surface area contributed by atoms with Gasteiger partial charge in [0.15, 0.2) is 0 Å². The number of carbonyl (C=O) groups is 1. The van der Waals surface area contributed by atoms with Crippen LogP contribution in [0.15, 0.2) is 36.5 Å². The summed E-state index contributed by atoms with van der Waals surface area (Å²) in [5.41, 5.74) is 0.758. The van der Waals surface area contributed by atoms with Crippen molar-refractivity contribution in [1.82, 2.24) is 14.9 Å². The Labute approximate surface area is 163 Å². The number of rotatable bonds is 6. The first-order chi connectivity index (χ1) is 13.1. The van der Waals surface area contributed by atoms with Crippen LogP contribution in [0.3, 0.4) is 0 Å². The summed E-state index contributed by atoms with van der Waals surface area (Å²) in [6.07, 6.45) is 1.70. The van der Waals surface area contributed by atoms with Crippen molar-refractivity contribution >= 4 is 23.5 Å². The number of anilines is 1. The Bertz CT molecular complexity index is 781. The lowest BCUT2D eigenvalue weighted by molar-refractivity contribution is -0.147. The second-order valence-corrected chi connectivity index (χ2v) is 6.51. The quantitative estimate of drug-likeness (QED) is 0.702. The molecule has 2 heterocycles. The molecule has 0 amide bonds. The number of halogens is 1. The normalized spacial score (nSPS) is 16.0. The van der Waals surface area contributed by atoms with E-state index in [-0.39, 0.29) is 5.97 Å². The van der Waals surface area contributed by atoms with Crippen molar-refractivity contribution in [3.05, 3.63) is 47.1 Å². The Hall–Kier alpha value is -2.38. The standard InChI is InChI=1S/C19H23ClN4O3/c1-3-27-16-8-9-21-19(22-16)24-12-10-23(11-13-24)17(18(25)26-2)14-6-4-5-7-15(14)20/h4-9,17H,3,10-13H2,1-2H3. The van der Waals surface area contributed by atoms with Gasteiger partial charge in [0.25, 0.3) is 0 Å². The van der Waals surface area contributed by atoms with Crippen molar-refractivity contribution in [2.75, 3.05) is 44.8 Å². The van der Waals surface area contributed by atoms with E-state index in [1.54, 1.807) is 18.3 Å². The molecule has 144 valence electrons. The first-order valence-electron chi connectivity index (χ1n) is 8.91. The van der Waals surface area contributed by atoms with Gasteiger partial charge in [0.2, 0.25) is 11.8 Å². The second-order valence-electron chi connectivity index (χ2n) is 6.10. The van der Waals surface area contributed by atoms with Crippen molar-refractivity contribution < 1.29 is 14.3 Å².